The van der Waals surface area contributed by atoms with Gasteiger partial charge in [0.1, 0.15) is 0 Å². The molecule has 0 saturated heterocycles. The summed E-state index contributed by atoms with van der Waals surface area (Å²) in [4.78, 5) is 9.85. The fourth-order valence-corrected chi connectivity index (χ4v) is 0.101. The van der Waals surface area contributed by atoms with Crippen molar-refractivity contribution in [2.24, 2.45) is 11.7 Å². The van der Waals surface area contributed by atoms with Gasteiger partial charge < -0.3 is 10.8 Å². The van der Waals surface area contributed by atoms with Gasteiger partial charge in [-0.1, -0.05) is 6.92 Å². The SMILES string of the molecule is C[C@@H](CN)C(=O)O.Cl. The molecule has 0 heterocycles. The predicted molar refractivity (Wildman–Crippen MR) is 33.1 cm³/mol. The van der Waals surface area contributed by atoms with Crippen molar-refractivity contribution >= 4 is 18.4 Å². The summed E-state index contributed by atoms with van der Waals surface area (Å²) in [6, 6.07) is 0. The number of rotatable bonds is 2. The van der Waals surface area contributed by atoms with Crippen LogP contribution in [0.25, 0.3) is 0 Å². The molecule has 8 heavy (non-hydrogen) atoms. The lowest BCUT2D eigenvalue weighted by Gasteiger charge is -1.96. The Morgan fingerprint density at radius 1 is 1.88 bits per heavy atom. The summed E-state index contributed by atoms with van der Waals surface area (Å²) in [5.41, 5.74) is 4.99. The van der Waals surface area contributed by atoms with Crippen molar-refractivity contribution in [3.8, 4) is 0 Å². The van der Waals surface area contributed by atoms with Crippen molar-refractivity contribution in [3.63, 3.8) is 0 Å². The van der Waals surface area contributed by atoms with Gasteiger partial charge >= 0.3 is 5.97 Å². The lowest BCUT2D eigenvalue weighted by atomic mass is 10.2. The van der Waals surface area contributed by atoms with E-state index in [0.717, 1.165) is 0 Å². The molecule has 0 bridgehead atoms. The molecule has 0 aromatic carbocycles. The molecular formula is C4H10ClNO2. The minimum absolute atomic E-state index is 0. The van der Waals surface area contributed by atoms with Crippen LogP contribution >= 0.6 is 12.4 Å². The van der Waals surface area contributed by atoms with Gasteiger partial charge in [-0.2, -0.15) is 0 Å². The summed E-state index contributed by atoms with van der Waals surface area (Å²) >= 11 is 0. The van der Waals surface area contributed by atoms with Crippen LogP contribution in [0.4, 0.5) is 0 Å². The smallest absolute Gasteiger partial charge is 0.307 e. The molecule has 0 amide bonds. The molecule has 1 atom stereocenters. The highest BCUT2D eigenvalue weighted by molar-refractivity contribution is 5.85. The molecule has 3 N–H and O–H groups in total. The molecule has 0 aromatic rings. The van der Waals surface area contributed by atoms with Crippen LogP contribution < -0.4 is 5.73 Å². The summed E-state index contributed by atoms with van der Waals surface area (Å²) in [6.45, 7) is 1.79. The van der Waals surface area contributed by atoms with Crippen molar-refractivity contribution in [3.05, 3.63) is 0 Å². The minimum atomic E-state index is -0.831. The topological polar surface area (TPSA) is 63.3 Å². The third-order valence-electron chi connectivity index (χ3n) is 0.775. The fraction of sp³-hybridized carbons (Fsp3) is 0.750. The van der Waals surface area contributed by atoms with Crippen LogP contribution in [0.15, 0.2) is 0 Å². The molecular weight excluding hydrogens is 130 g/mol. The van der Waals surface area contributed by atoms with Gasteiger partial charge in [-0.05, 0) is 0 Å². The van der Waals surface area contributed by atoms with Gasteiger partial charge in [-0.3, -0.25) is 4.79 Å². The van der Waals surface area contributed by atoms with Crippen molar-refractivity contribution in [2.75, 3.05) is 6.54 Å². The van der Waals surface area contributed by atoms with Crippen LogP contribution in [-0.4, -0.2) is 17.6 Å². The number of carboxylic acid groups (broad SMARTS) is 1. The molecule has 0 spiro atoms. The second kappa shape index (κ2) is 4.87. The lowest BCUT2D eigenvalue weighted by Crippen LogP contribution is -2.19. The monoisotopic (exact) mass is 139 g/mol. The molecule has 0 rings (SSSR count). The first-order chi connectivity index (χ1) is 3.18. The number of aliphatic carboxylic acids is 1. The third-order valence-corrected chi connectivity index (χ3v) is 0.775. The fourth-order valence-electron chi connectivity index (χ4n) is 0.101. The first kappa shape index (κ1) is 10.7. The number of hydrogen-bond donors (Lipinski definition) is 2. The molecule has 3 nitrogen and oxygen atoms in total. The van der Waals surface area contributed by atoms with Crippen LogP contribution in [0.5, 0.6) is 0 Å². The Kier molecular flexibility index (Phi) is 6.48. The molecule has 0 aliphatic heterocycles. The van der Waals surface area contributed by atoms with Gasteiger partial charge in [0.15, 0.2) is 0 Å². The molecule has 0 aliphatic rings. The maximum absolute atomic E-state index is 9.85. The highest BCUT2D eigenvalue weighted by atomic mass is 35.5. The number of halogens is 1. The molecule has 0 radical (unpaired) electrons. The van der Waals surface area contributed by atoms with Gasteiger partial charge in [0.2, 0.25) is 0 Å². The Hall–Kier alpha value is -0.280. The zero-order valence-electron chi connectivity index (χ0n) is 4.63. The number of carboxylic acids is 1. The van der Waals surface area contributed by atoms with Gasteiger partial charge in [0.05, 0.1) is 5.92 Å². The van der Waals surface area contributed by atoms with Crippen molar-refractivity contribution in [1.29, 1.82) is 0 Å². The average Bonchev–Trinajstić information content (AvgIpc) is 1.65. The van der Waals surface area contributed by atoms with Gasteiger partial charge in [0.25, 0.3) is 0 Å². The zero-order valence-corrected chi connectivity index (χ0v) is 5.44. The Morgan fingerprint density at radius 2 is 2.25 bits per heavy atom. The van der Waals surface area contributed by atoms with Gasteiger partial charge in [-0.25, -0.2) is 0 Å². The van der Waals surface area contributed by atoms with Crippen LogP contribution in [0, 0.1) is 5.92 Å². The molecule has 0 aromatic heterocycles. The van der Waals surface area contributed by atoms with Crippen LogP contribution in [0.3, 0.4) is 0 Å². The second-order valence-electron chi connectivity index (χ2n) is 1.47. The molecule has 0 saturated carbocycles. The summed E-state index contributed by atoms with van der Waals surface area (Å²) in [6.07, 6.45) is 0. The van der Waals surface area contributed by atoms with E-state index in [1.54, 1.807) is 6.92 Å². The largest absolute Gasteiger partial charge is 0.481 e. The van der Waals surface area contributed by atoms with E-state index in [1.165, 1.54) is 0 Å². The van der Waals surface area contributed by atoms with Gasteiger partial charge in [-0.15, -0.1) is 12.4 Å². The Morgan fingerprint density at radius 3 is 2.25 bits per heavy atom. The van der Waals surface area contributed by atoms with Crippen LogP contribution in [-0.2, 0) is 4.79 Å². The summed E-state index contributed by atoms with van der Waals surface area (Å²) < 4.78 is 0. The number of hydrogen-bond acceptors (Lipinski definition) is 2. The van der Waals surface area contributed by atoms with E-state index in [-0.39, 0.29) is 19.0 Å². The maximum atomic E-state index is 9.85. The van der Waals surface area contributed by atoms with E-state index in [0.29, 0.717) is 0 Å². The highest BCUT2D eigenvalue weighted by Crippen LogP contribution is 1.87. The highest BCUT2D eigenvalue weighted by Gasteiger charge is 2.05. The van der Waals surface area contributed by atoms with Crippen LogP contribution in [0.2, 0.25) is 0 Å². The molecule has 0 aliphatic carbocycles. The van der Waals surface area contributed by atoms with Gasteiger partial charge in [0, 0.05) is 6.54 Å². The standard InChI is InChI=1S/C4H9NO2.ClH/c1-3(2-5)4(6)7;/h3H,2,5H2,1H3,(H,6,7);1H/t3-;/m0./s1. The summed E-state index contributed by atoms with van der Waals surface area (Å²) in [7, 11) is 0. The summed E-state index contributed by atoms with van der Waals surface area (Å²) in [5, 5.41) is 8.10. The Balaban J connectivity index is 0. The molecule has 0 fully saturated rings. The van der Waals surface area contributed by atoms with E-state index in [4.69, 9.17) is 10.8 Å². The molecule has 0 unspecified atom stereocenters. The lowest BCUT2D eigenvalue weighted by molar-refractivity contribution is -0.140. The predicted octanol–water partition coefficient (Wildman–Crippen LogP) is 0.0876. The van der Waals surface area contributed by atoms with E-state index in [1.807, 2.05) is 0 Å². The third kappa shape index (κ3) is 3.89. The van der Waals surface area contributed by atoms with E-state index in [9.17, 15) is 4.79 Å². The normalized spacial score (nSPS) is 11.8. The Bertz CT molecular complexity index is 76.4. The van der Waals surface area contributed by atoms with Crippen molar-refractivity contribution in [2.45, 2.75) is 6.92 Å². The van der Waals surface area contributed by atoms with Crippen LogP contribution in [0.1, 0.15) is 6.92 Å². The van der Waals surface area contributed by atoms with Crippen molar-refractivity contribution in [1.82, 2.24) is 0 Å². The molecule has 50 valence electrons. The first-order valence-electron chi connectivity index (χ1n) is 2.11. The van der Waals surface area contributed by atoms with E-state index in [2.05, 4.69) is 0 Å². The average molecular weight is 140 g/mol. The van der Waals surface area contributed by atoms with E-state index >= 15 is 0 Å². The minimum Gasteiger partial charge on any atom is -0.481 e. The van der Waals surface area contributed by atoms with E-state index < -0.39 is 11.9 Å². The Labute approximate surface area is 54.3 Å². The number of carbonyl (C=O) groups is 1. The summed E-state index contributed by atoms with van der Waals surface area (Å²) in [5.74, 6) is -1.23. The maximum Gasteiger partial charge on any atom is 0.307 e. The second-order valence-corrected chi connectivity index (χ2v) is 1.47. The zero-order chi connectivity index (χ0) is 5.86. The quantitative estimate of drug-likeness (QED) is 0.570. The van der Waals surface area contributed by atoms with Crippen molar-refractivity contribution < 1.29 is 9.90 Å². The number of nitrogens with two attached hydrogens (primary N) is 1. The molecule has 4 heteroatoms. The first-order valence-corrected chi connectivity index (χ1v) is 2.11.